The third-order valence-corrected chi connectivity index (χ3v) is 5.93. The number of sulfonamides is 1. The van der Waals surface area contributed by atoms with Crippen molar-refractivity contribution in [2.24, 2.45) is 0 Å². The van der Waals surface area contributed by atoms with Crippen molar-refractivity contribution in [1.29, 1.82) is 0 Å². The highest BCUT2D eigenvalue weighted by Gasteiger charge is 2.21. The Morgan fingerprint density at radius 2 is 1.56 bits per heavy atom. The van der Waals surface area contributed by atoms with Crippen LogP contribution in [-0.4, -0.2) is 15.5 Å². The van der Waals surface area contributed by atoms with E-state index in [1.54, 1.807) is 31.4 Å². The standard InChI is InChI=1S/C20H27NO3S/c1-13(2)18-12-19(15(4)11-20(18)24-6)16(5)21-25(22,23)17-9-7-14(3)8-10-17/h7-13,16,21H,1-6H3/t16-/m0/s1. The number of aryl methyl sites for hydroxylation is 2. The normalized spacial score (nSPS) is 13.1. The van der Waals surface area contributed by atoms with Crippen molar-refractivity contribution >= 4 is 10.0 Å². The van der Waals surface area contributed by atoms with Gasteiger partial charge in [0.25, 0.3) is 0 Å². The molecule has 4 nitrogen and oxygen atoms in total. The van der Waals surface area contributed by atoms with Crippen molar-refractivity contribution in [2.45, 2.75) is 51.5 Å². The van der Waals surface area contributed by atoms with Gasteiger partial charge in [-0.05, 0) is 67.6 Å². The second kappa shape index (κ2) is 7.58. The number of nitrogens with one attached hydrogen (secondary N) is 1. The van der Waals surface area contributed by atoms with Crippen LogP contribution in [0.4, 0.5) is 0 Å². The summed E-state index contributed by atoms with van der Waals surface area (Å²) in [7, 11) is -1.91. The van der Waals surface area contributed by atoms with Gasteiger partial charge in [-0.1, -0.05) is 31.5 Å². The summed E-state index contributed by atoms with van der Waals surface area (Å²) in [5.41, 5.74) is 4.06. The van der Waals surface area contributed by atoms with Crippen molar-refractivity contribution in [3.8, 4) is 5.75 Å². The Morgan fingerprint density at radius 3 is 2.08 bits per heavy atom. The van der Waals surface area contributed by atoms with Crippen LogP contribution in [-0.2, 0) is 10.0 Å². The van der Waals surface area contributed by atoms with E-state index in [2.05, 4.69) is 18.6 Å². The van der Waals surface area contributed by atoms with Gasteiger partial charge in [0, 0.05) is 6.04 Å². The number of rotatable bonds is 6. The van der Waals surface area contributed by atoms with Gasteiger partial charge in [-0.25, -0.2) is 13.1 Å². The van der Waals surface area contributed by atoms with Gasteiger partial charge >= 0.3 is 0 Å². The van der Waals surface area contributed by atoms with Gasteiger partial charge in [0.05, 0.1) is 12.0 Å². The molecule has 136 valence electrons. The lowest BCUT2D eigenvalue weighted by Gasteiger charge is -2.21. The van der Waals surface area contributed by atoms with E-state index >= 15 is 0 Å². The van der Waals surface area contributed by atoms with E-state index in [0.29, 0.717) is 0 Å². The Labute approximate surface area is 151 Å². The average molecular weight is 362 g/mol. The zero-order valence-electron chi connectivity index (χ0n) is 15.8. The highest BCUT2D eigenvalue weighted by molar-refractivity contribution is 7.89. The van der Waals surface area contributed by atoms with E-state index in [1.807, 2.05) is 32.9 Å². The molecule has 5 heteroatoms. The molecule has 0 fully saturated rings. The van der Waals surface area contributed by atoms with Crippen LogP contribution >= 0.6 is 0 Å². The van der Waals surface area contributed by atoms with Crippen molar-refractivity contribution in [3.05, 3.63) is 58.7 Å². The van der Waals surface area contributed by atoms with Gasteiger partial charge < -0.3 is 4.74 Å². The van der Waals surface area contributed by atoms with Crippen LogP contribution < -0.4 is 9.46 Å². The van der Waals surface area contributed by atoms with Crippen LogP contribution in [0.2, 0.25) is 0 Å². The summed E-state index contributed by atoms with van der Waals surface area (Å²) >= 11 is 0. The van der Waals surface area contributed by atoms with Crippen LogP contribution in [0.15, 0.2) is 41.3 Å². The van der Waals surface area contributed by atoms with Gasteiger partial charge in [0.2, 0.25) is 10.0 Å². The molecule has 0 saturated carbocycles. The van der Waals surface area contributed by atoms with E-state index in [-0.39, 0.29) is 16.9 Å². The molecule has 0 radical (unpaired) electrons. The lowest BCUT2D eigenvalue weighted by atomic mass is 9.94. The Morgan fingerprint density at radius 1 is 0.960 bits per heavy atom. The molecule has 0 unspecified atom stereocenters. The Hall–Kier alpha value is -1.85. The maximum Gasteiger partial charge on any atom is 0.241 e. The second-order valence-corrected chi connectivity index (χ2v) is 8.48. The first-order chi connectivity index (χ1) is 11.7. The minimum Gasteiger partial charge on any atom is -0.496 e. The van der Waals surface area contributed by atoms with Crippen molar-refractivity contribution in [1.82, 2.24) is 4.72 Å². The summed E-state index contributed by atoms with van der Waals surface area (Å²) < 4.78 is 33.5. The molecule has 2 aromatic carbocycles. The molecule has 1 N–H and O–H groups in total. The molecule has 0 aromatic heterocycles. The minimum atomic E-state index is -3.57. The predicted octanol–water partition coefficient (Wildman–Crippen LogP) is 4.47. The molecule has 0 heterocycles. The maximum atomic E-state index is 12.6. The van der Waals surface area contributed by atoms with Crippen LogP contribution in [0.5, 0.6) is 5.75 Å². The summed E-state index contributed by atoms with van der Waals surface area (Å²) in [4.78, 5) is 0.278. The van der Waals surface area contributed by atoms with E-state index < -0.39 is 10.0 Å². The molecule has 0 saturated heterocycles. The number of hydrogen-bond acceptors (Lipinski definition) is 3. The lowest BCUT2D eigenvalue weighted by molar-refractivity contribution is 0.406. The zero-order valence-corrected chi connectivity index (χ0v) is 16.6. The summed E-state index contributed by atoms with van der Waals surface area (Å²) in [5.74, 6) is 1.13. The Kier molecular flexibility index (Phi) is 5.91. The van der Waals surface area contributed by atoms with Gasteiger partial charge in [-0.3, -0.25) is 0 Å². The molecule has 0 aliphatic rings. The molecule has 0 bridgehead atoms. The highest BCUT2D eigenvalue weighted by Crippen LogP contribution is 2.32. The third kappa shape index (κ3) is 4.41. The maximum absolute atomic E-state index is 12.6. The summed E-state index contributed by atoms with van der Waals surface area (Å²) in [5, 5.41) is 0. The fourth-order valence-electron chi connectivity index (χ4n) is 2.89. The lowest BCUT2D eigenvalue weighted by Crippen LogP contribution is -2.27. The van der Waals surface area contributed by atoms with Gasteiger partial charge in [0.1, 0.15) is 5.75 Å². The van der Waals surface area contributed by atoms with E-state index in [9.17, 15) is 8.42 Å². The fourth-order valence-corrected chi connectivity index (χ4v) is 4.11. The minimum absolute atomic E-state index is 0.278. The number of benzene rings is 2. The fraction of sp³-hybridized carbons (Fsp3) is 0.400. The van der Waals surface area contributed by atoms with E-state index in [4.69, 9.17) is 4.74 Å². The van der Waals surface area contributed by atoms with E-state index in [1.165, 1.54) is 0 Å². The summed E-state index contributed by atoms with van der Waals surface area (Å²) in [6.07, 6.45) is 0. The second-order valence-electron chi connectivity index (χ2n) is 6.76. The van der Waals surface area contributed by atoms with E-state index in [0.717, 1.165) is 28.0 Å². The van der Waals surface area contributed by atoms with Gasteiger partial charge in [-0.15, -0.1) is 0 Å². The first kappa shape index (κ1) is 19.5. The number of methoxy groups -OCH3 is 1. The highest BCUT2D eigenvalue weighted by atomic mass is 32.2. The smallest absolute Gasteiger partial charge is 0.241 e. The molecule has 1 atom stereocenters. The monoisotopic (exact) mass is 361 g/mol. The topological polar surface area (TPSA) is 55.4 Å². The quantitative estimate of drug-likeness (QED) is 0.825. The van der Waals surface area contributed by atoms with Gasteiger partial charge in [-0.2, -0.15) is 0 Å². The zero-order chi connectivity index (χ0) is 18.8. The summed E-state index contributed by atoms with van der Waals surface area (Å²) in [6, 6.07) is 10.5. The molecule has 0 aliphatic heterocycles. The van der Waals surface area contributed by atoms with Crippen LogP contribution in [0.25, 0.3) is 0 Å². The first-order valence-electron chi connectivity index (χ1n) is 8.43. The molecule has 2 rings (SSSR count). The molecule has 0 aliphatic carbocycles. The third-order valence-electron chi connectivity index (χ3n) is 4.37. The largest absolute Gasteiger partial charge is 0.496 e. The van der Waals surface area contributed by atoms with Crippen LogP contribution in [0, 0.1) is 13.8 Å². The average Bonchev–Trinajstić information content (AvgIpc) is 2.53. The number of hydrogen-bond donors (Lipinski definition) is 1. The molecular weight excluding hydrogens is 334 g/mol. The molecule has 0 amide bonds. The van der Waals surface area contributed by atoms with Crippen molar-refractivity contribution < 1.29 is 13.2 Å². The Bertz CT molecular complexity index is 840. The predicted molar refractivity (Wildman–Crippen MR) is 102 cm³/mol. The van der Waals surface area contributed by atoms with Crippen molar-refractivity contribution in [3.63, 3.8) is 0 Å². The number of ether oxygens (including phenoxy) is 1. The molecule has 0 spiro atoms. The Balaban J connectivity index is 2.35. The van der Waals surface area contributed by atoms with Crippen LogP contribution in [0.3, 0.4) is 0 Å². The first-order valence-corrected chi connectivity index (χ1v) is 9.91. The van der Waals surface area contributed by atoms with Crippen molar-refractivity contribution in [2.75, 3.05) is 7.11 Å². The summed E-state index contributed by atoms with van der Waals surface area (Å²) in [6.45, 7) is 9.96. The molecular formula is C20H27NO3S. The van der Waals surface area contributed by atoms with Gasteiger partial charge in [0.15, 0.2) is 0 Å². The SMILES string of the molecule is COc1cc(C)c([C@H](C)NS(=O)(=O)c2ccc(C)cc2)cc1C(C)C. The van der Waals surface area contributed by atoms with Crippen LogP contribution in [0.1, 0.15) is 55.0 Å². The molecule has 2 aromatic rings. The molecule has 25 heavy (non-hydrogen) atoms.